The minimum Gasteiger partial charge on any atom is -0.340 e. The van der Waals surface area contributed by atoms with Gasteiger partial charge in [-0.1, -0.05) is 6.92 Å². The predicted molar refractivity (Wildman–Crippen MR) is 81.6 cm³/mol. The smallest absolute Gasteiger partial charge is 0.248 e. The molecule has 0 aromatic rings. The molecule has 2 unspecified atom stereocenters. The van der Waals surface area contributed by atoms with E-state index in [1.165, 1.54) is 5.75 Å². The molecule has 19 heavy (non-hydrogen) atoms. The van der Waals surface area contributed by atoms with Crippen LogP contribution in [0.25, 0.3) is 0 Å². The quantitative estimate of drug-likeness (QED) is 0.855. The average molecular weight is 302 g/mol. The lowest BCUT2D eigenvalue weighted by Crippen LogP contribution is -2.68. The summed E-state index contributed by atoms with van der Waals surface area (Å²) in [5.41, 5.74) is -0.769. The lowest BCUT2D eigenvalue weighted by Gasteiger charge is -2.44. The number of hydrogen-bond donors (Lipinski definition) is 1. The van der Waals surface area contributed by atoms with Gasteiger partial charge in [-0.3, -0.25) is 9.59 Å². The van der Waals surface area contributed by atoms with Gasteiger partial charge in [0.15, 0.2) is 0 Å². The van der Waals surface area contributed by atoms with Crippen molar-refractivity contribution < 1.29 is 9.59 Å². The molecular formula is C13H22N2O2S2. The summed E-state index contributed by atoms with van der Waals surface area (Å²) in [7, 11) is 0. The van der Waals surface area contributed by atoms with Gasteiger partial charge in [0.25, 0.3) is 0 Å². The normalized spacial score (nSPS) is 31.2. The van der Waals surface area contributed by atoms with Gasteiger partial charge in [-0.05, 0) is 20.3 Å². The maximum Gasteiger partial charge on any atom is 0.248 e. The fourth-order valence-corrected chi connectivity index (χ4v) is 5.23. The third kappa shape index (κ3) is 3.21. The maximum atomic E-state index is 12.5. The van der Waals surface area contributed by atoms with Crippen LogP contribution in [-0.2, 0) is 9.59 Å². The summed E-state index contributed by atoms with van der Waals surface area (Å²) in [4.78, 5) is 26.5. The molecule has 0 spiro atoms. The Kier molecular flexibility index (Phi) is 4.71. The van der Waals surface area contributed by atoms with Gasteiger partial charge in [0.05, 0.1) is 0 Å². The zero-order valence-corrected chi connectivity index (χ0v) is 13.4. The van der Waals surface area contributed by atoms with E-state index < -0.39 is 5.54 Å². The number of thioether (sulfide) groups is 2. The van der Waals surface area contributed by atoms with Crippen LogP contribution in [0.15, 0.2) is 0 Å². The van der Waals surface area contributed by atoms with Crippen LogP contribution in [-0.4, -0.2) is 57.3 Å². The number of nitrogens with zero attached hydrogens (tertiary/aromatic N) is 1. The molecular weight excluding hydrogens is 280 g/mol. The Morgan fingerprint density at radius 1 is 1.37 bits per heavy atom. The number of hydrogen-bond acceptors (Lipinski definition) is 4. The van der Waals surface area contributed by atoms with Crippen molar-refractivity contribution in [1.82, 2.24) is 10.2 Å². The van der Waals surface area contributed by atoms with Crippen molar-refractivity contribution in [2.24, 2.45) is 0 Å². The fourth-order valence-electron chi connectivity index (χ4n) is 2.56. The number of rotatable bonds is 3. The monoisotopic (exact) mass is 302 g/mol. The number of amides is 2. The van der Waals surface area contributed by atoms with Crippen molar-refractivity contribution in [2.75, 3.05) is 23.8 Å². The highest BCUT2D eigenvalue weighted by molar-refractivity contribution is 8.06. The first-order chi connectivity index (χ1) is 8.95. The topological polar surface area (TPSA) is 49.4 Å². The van der Waals surface area contributed by atoms with Gasteiger partial charge < -0.3 is 10.2 Å². The van der Waals surface area contributed by atoms with Crippen molar-refractivity contribution in [3.8, 4) is 0 Å². The highest BCUT2D eigenvalue weighted by atomic mass is 32.2. The van der Waals surface area contributed by atoms with Crippen molar-refractivity contribution >= 4 is 35.3 Å². The molecule has 4 nitrogen and oxygen atoms in total. The second-order valence-corrected chi connectivity index (χ2v) is 8.12. The van der Waals surface area contributed by atoms with Gasteiger partial charge >= 0.3 is 0 Å². The Balaban J connectivity index is 2.12. The van der Waals surface area contributed by atoms with Crippen LogP contribution in [0.3, 0.4) is 0 Å². The second-order valence-electron chi connectivity index (χ2n) is 5.56. The molecule has 2 saturated heterocycles. The van der Waals surface area contributed by atoms with E-state index in [0.29, 0.717) is 18.2 Å². The number of piperazine rings is 1. The van der Waals surface area contributed by atoms with Gasteiger partial charge in [0.1, 0.15) is 11.6 Å². The molecule has 0 radical (unpaired) electrons. The number of carbonyl (C=O) groups excluding carboxylic acids is 2. The van der Waals surface area contributed by atoms with Crippen LogP contribution in [0, 0.1) is 0 Å². The largest absolute Gasteiger partial charge is 0.340 e. The zero-order chi connectivity index (χ0) is 14.0. The third-order valence-electron chi connectivity index (χ3n) is 3.58. The van der Waals surface area contributed by atoms with Crippen LogP contribution < -0.4 is 5.32 Å². The summed E-state index contributed by atoms with van der Waals surface area (Å²) in [5.74, 6) is 3.45. The predicted octanol–water partition coefficient (Wildman–Crippen LogP) is 1.35. The Morgan fingerprint density at radius 3 is 2.68 bits per heavy atom. The lowest BCUT2D eigenvalue weighted by molar-refractivity contribution is -0.153. The minimum atomic E-state index is -0.769. The van der Waals surface area contributed by atoms with E-state index >= 15 is 0 Å². The molecule has 2 fully saturated rings. The van der Waals surface area contributed by atoms with Crippen LogP contribution in [0.5, 0.6) is 0 Å². The van der Waals surface area contributed by atoms with Crippen LogP contribution in [0.1, 0.15) is 27.2 Å². The maximum absolute atomic E-state index is 12.5. The Bertz CT molecular complexity index is 368. The summed E-state index contributed by atoms with van der Waals surface area (Å²) in [6, 6.07) is -0.298. The van der Waals surface area contributed by atoms with Gasteiger partial charge in [0, 0.05) is 29.1 Å². The average Bonchev–Trinajstić information content (AvgIpc) is 2.37. The summed E-state index contributed by atoms with van der Waals surface area (Å²) in [6.45, 7) is 6.24. The van der Waals surface area contributed by atoms with E-state index in [9.17, 15) is 9.59 Å². The molecule has 0 bridgehead atoms. The second kappa shape index (κ2) is 5.95. The number of carbonyl (C=O) groups is 2. The molecule has 2 heterocycles. The molecule has 0 saturated carbocycles. The molecule has 0 aliphatic carbocycles. The summed E-state index contributed by atoms with van der Waals surface area (Å²) in [6.07, 6.45) is 0.679. The molecule has 2 rings (SSSR count). The van der Waals surface area contributed by atoms with Crippen molar-refractivity contribution in [3.63, 3.8) is 0 Å². The SMILES string of the molecule is CCC1C(=O)NC(C)(C)C(=O)N1CC1CSCCS1. The highest BCUT2D eigenvalue weighted by Gasteiger charge is 2.45. The Hall–Kier alpha value is -0.360. The molecule has 1 N–H and O–H groups in total. The molecule has 2 aliphatic heterocycles. The van der Waals surface area contributed by atoms with E-state index in [-0.39, 0.29) is 17.9 Å². The number of nitrogens with one attached hydrogen (secondary N) is 1. The van der Waals surface area contributed by atoms with Crippen molar-refractivity contribution in [2.45, 2.75) is 44.0 Å². The highest BCUT2D eigenvalue weighted by Crippen LogP contribution is 2.28. The first kappa shape index (κ1) is 15.0. The fraction of sp³-hybridized carbons (Fsp3) is 0.846. The Labute approximate surface area is 123 Å². The third-order valence-corrected chi connectivity index (χ3v) is 6.41. The first-order valence-corrected chi connectivity index (χ1v) is 8.98. The first-order valence-electron chi connectivity index (χ1n) is 6.78. The van der Waals surface area contributed by atoms with Gasteiger partial charge in [-0.25, -0.2) is 0 Å². The van der Waals surface area contributed by atoms with E-state index in [0.717, 1.165) is 11.5 Å². The van der Waals surface area contributed by atoms with E-state index in [4.69, 9.17) is 0 Å². The Morgan fingerprint density at radius 2 is 2.11 bits per heavy atom. The lowest BCUT2D eigenvalue weighted by atomic mass is 9.95. The van der Waals surface area contributed by atoms with Gasteiger partial charge in [-0.2, -0.15) is 23.5 Å². The van der Waals surface area contributed by atoms with Crippen LogP contribution in [0.4, 0.5) is 0 Å². The van der Waals surface area contributed by atoms with Crippen molar-refractivity contribution in [1.29, 1.82) is 0 Å². The summed E-state index contributed by atoms with van der Waals surface area (Å²) < 4.78 is 0. The summed E-state index contributed by atoms with van der Waals surface area (Å²) >= 11 is 3.87. The van der Waals surface area contributed by atoms with Crippen LogP contribution in [0.2, 0.25) is 0 Å². The van der Waals surface area contributed by atoms with E-state index in [2.05, 4.69) is 5.32 Å². The van der Waals surface area contributed by atoms with Crippen molar-refractivity contribution in [3.05, 3.63) is 0 Å². The molecule has 2 amide bonds. The molecule has 6 heteroatoms. The standard InChI is InChI=1S/C13H22N2O2S2/c1-4-10-11(16)14-13(2,3)12(17)15(10)7-9-8-18-5-6-19-9/h9-10H,4-8H2,1-3H3,(H,14,16). The van der Waals surface area contributed by atoms with E-state index in [1.807, 2.05) is 35.3 Å². The van der Waals surface area contributed by atoms with Gasteiger partial charge in [0.2, 0.25) is 11.8 Å². The van der Waals surface area contributed by atoms with E-state index in [1.54, 1.807) is 13.8 Å². The molecule has 0 aromatic carbocycles. The molecule has 108 valence electrons. The minimum absolute atomic E-state index is 0.0134. The molecule has 2 aliphatic rings. The molecule has 0 aromatic heterocycles. The zero-order valence-electron chi connectivity index (χ0n) is 11.8. The van der Waals surface area contributed by atoms with Crippen LogP contribution >= 0.6 is 23.5 Å². The van der Waals surface area contributed by atoms with Gasteiger partial charge in [-0.15, -0.1) is 0 Å². The molecule has 2 atom stereocenters. The summed E-state index contributed by atoms with van der Waals surface area (Å²) in [5, 5.41) is 3.29.